The molecule has 0 aliphatic heterocycles. The van der Waals surface area contributed by atoms with Crippen molar-refractivity contribution >= 4 is 10.8 Å². The van der Waals surface area contributed by atoms with Crippen LogP contribution in [0, 0.1) is 0 Å². The van der Waals surface area contributed by atoms with Crippen molar-refractivity contribution in [2.24, 2.45) is 0 Å². The zero-order valence-corrected chi connectivity index (χ0v) is 11.2. The van der Waals surface area contributed by atoms with Crippen LogP contribution >= 0.6 is 0 Å². The number of hydrogen-bond acceptors (Lipinski definition) is 2. The molecular weight excluding hydrogens is 222 g/mol. The Kier molecular flexibility index (Phi) is 4.59. The minimum absolute atomic E-state index is 0.921. The lowest BCUT2D eigenvalue weighted by atomic mass is 10.0. The van der Waals surface area contributed by atoms with Crippen LogP contribution in [0.1, 0.15) is 25.3 Å². The Balaban J connectivity index is 2.23. The van der Waals surface area contributed by atoms with Crippen molar-refractivity contribution < 1.29 is 4.74 Å². The van der Waals surface area contributed by atoms with Crippen molar-refractivity contribution in [2.45, 2.75) is 26.3 Å². The largest absolute Gasteiger partial charge is 0.496 e. The minimum Gasteiger partial charge on any atom is -0.496 e. The summed E-state index contributed by atoms with van der Waals surface area (Å²) in [6.45, 7) is 4.21. The van der Waals surface area contributed by atoms with E-state index in [2.05, 4.69) is 48.6 Å². The third-order valence-corrected chi connectivity index (χ3v) is 3.22. The summed E-state index contributed by atoms with van der Waals surface area (Å²) in [5, 5.41) is 5.96. The molecule has 0 saturated carbocycles. The number of unbranched alkanes of at least 4 members (excludes halogenated alkanes) is 1. The van der Waals surface area contributed by atoms with E-state index in [4.69, 9.17) is 4.74 Å². The molecule has 0 aromatic heterocycles. The van der Waals surface area contributed by atoms with Crippen molar-refractivity contribution in [3.63, 3.8) is 0 Å². The van der Waals surface area contributed by atoms with E-state index in [1.807, 2.05) is 0 Å². The first-order chi connectivity index (χ1) is 8.86. The topological polar surface area (TPSA) is 21.3 Å². The third kappa shape index (κ3) is 2.82. The Morgan fingerprint density at radius 3 is 2.56 bits per heavy atom. The Morgan fingerprint density at radius 2 is 1.83 bits per heavy atom. The summed E-state index contributed by atoms with van der Waals surface area (Å²) in [5.41, 5.74) is 1.34. The molecular formula is C16H21NO. The van der Waals surface area contributed by atoms with Gasteiger partial charge in [0, 0.05) is 11.9 Å². The summed E-state index contributed by atoms with van der Waals surface area (Å²) < 4.78 is 5.41. The fourth-order valence-electron chi connectivity index (χ4n) is 2.19. The van der Waals surface area contributed by atoms with Crippen LogP contribution < -0.4 is 10.1 Å². The summed E-state index contributed by atoms with van der Waals surface area (Å²) in [6, 6.07) is 12.6. The second-order valence-electron chi connectivity index (χ2n) is 4.50. The maximum Gasteiger partial charge on any atom is 0.126 e. The normalized spacial score (nSPS) is 10.8. The summed E-state index contributed by atoms with van der Waals surface area (Å²) in [7, 11) is 1.72. The Morgan fingerprint density at radius 1 is 1.06 bits per heavy atom. The van der Waals surface area contributed by atoms with Crippen LogP contribution in [0.15, 0.2) is 36.4 Å². The fourth-order valence-corrected chi connectivity index (χ4v) is 2.19. The average molecular weight is 243 g/mol. The van der Waals surface area contributed by atoms with Gasteiger partial charge in [0.1, 0.15) is 5.75 Å². The van der Waals surface area contributed by atoms with Gasteiger partial charge in [0.2, 0.25) is 0 Å². The highest BCUT2D eigenvalue weighted by Gasteiger charge is 2.05. The van der Waals surface area contributed by atoms with E-state index in [0.29, 0.717) is 0 Å². The number of fused-ring (bicyclic) bond motifs is 1. The number of nitrogens with one attached hydrogen (secondary N) is 1. The molecule has 0 radical (unpaired) electrons. The van der Waals surface area contributed by atoms with Gasteiger partial charge < -0.3 is 10.1 Å². The Bertz CT molecular complexity index is 507. The van der Waals surface area contributed by atoms with E-state index >= 15 is 0 Å². The molecule has 2 nitrogen and oxygen atoms in total. The van der Waals surface area contributed by atoms with E-state index in [9.17, 15) is 0 Å². The van der Waals surface area contributed by atoms with Crippen LogP contribution in [0.25, 0.3) is 10.8 Å². The van der Waals surface area contributed by atoms with E-state index in [-0.39, 0.29) is 0 Å². The SMILES string of the molecule is CCCCNCc1ccc(OC)c2ccccc12. The molecule has 0 saturated heterocycles. The number of benzene rings is 2. The van der Waals surface area contributed by atoms with Crippen molar-refractivity contribution in [1.29, 1.82) is 0 Å². The minimum atomic E-state index is 0.921. The van der Waals surface area contributed by atoms with E-state index in [1.165, 1.54) is 29.2 Å². The van der Waals surface area contributed by atoms with Gasteiger partial charge in [-0.25, -0.2) is 0 Å². The number of ether oxygens (including phenoxy) is 1. The summed E-state index contributed by atoms with van der Waals surface area (Å²) in [5.74, 6) is 0.947. The van der Waals surface area contributed by atoms with Gasteiger partial charge in [-0.2, -0.15) is 0 Å². The van der Waals surface area contributed by atoms with Crippen LogP contribution in [0.3, 0.4) is 0 Å². The van der Waals surface area contributed by atoms with Crippen LogP contribution in [-0.4, -0.2) is 13.7 Å². The quantitative estimate of drug-likeness (QED) is 0.780. The van der Waals surface area contributed by atoms with Gasteiger partial charge in [0.15, 0.2) is 0 Å². The zero-order chi connectivity index (χ0) is 12.8. The third-order valence-electron chi connectivity index (χ3n) is 3.22. The van der Waals surface area contributed by atoms with Crippen LogP contribution in [0.5, 0.6) is 5.75 Å². The predicted octanol–water partition coefficient (Wildman–Crippen LogP) is 3.74. The number of hydrogen-bond donors (Lipinski definition) is 1. The van der Waals surface area contributed by atoms with Gasteiger partial charge >= 0.3 is 0 Å². The molecule has 0 atom stereocenters. The Hall–Kier alpha value is -1.54. The van der Waals surface area contributed by atoms with Gasteiger partial charge in [-0.05, 0) is 30.0 Å². The van der Waals surface area contributed by atoms with Gasteiger partial charge in [-0.3, -0.25) is 0 Å². The molecule has 0 heterocycles. The smallest absolute Gasteiger partial charge is 0.126 e. The predicted molar refractivity (Wildman–Crippen MR) is 77.1 cm³/mol. The zero-order valence-electron chi connectivity index (χ0n) is 11.2. The van der Waals surface area contributed by atoms with Crippen LogP contribution in [0.2, 0.25) is 0 Å². The van der Waals surface area contributed by atoms with E-state index in [1.54, 1.807) is 7.11 Å². The van der Waals surface area contributed by atoms with Gasteiger partial charge in [0.05, 0.1) is 7.11 Å². The van der Waals surface area contributed by atoms with Crippen molar-refractivity contribution in [3.05, 3.63) is 42.0 Å². The molecule has 0 bridgehead atoms. The molecule has 0 spiro atoms. The Labute approximate surface area is 109 Å². The highest BCUT2D eigenvalue weighted by atomic mass is 16.5. The standard InChI is InChI=1S/C16H21NO/c1-3-4-11-17-12-13-9-10-16(18-2)15-8-6-5-7-14(13)15/h5-10,17H,3-4,11-12H2,1-2H3. The molecule has 96 valence electrons. The van der Waals surface area contributed by atoms with Gasteiger partial charge in [-0.1, -0.05) is 43.7 Å². The summed E-state index contributed by atoms with van der Waals surface area (Å²) >= 11 is 0. The van der Waals surface area contributed by atoms with Crippen LogP contribution in [0.4, 0.5) is 0 Å². The second kappa shape index (κ2) is 6.41. The fraction of sp³-hybridized carbons (Fsp3) is 0.375. The second-order valence-corrected chi connectivity index (χ2v) is 4.50. The van der Waals surface area contributed by atoms with E-state index in [0.717, 1.165) is 18.8 Å². The van der Waals surface area contributed by atoms with E-state index < -0.39 is 0 Å². The lowest BCUT2D eigenvalue weighted by Crippen LogP contribution is -2.14. The first-order valence-corrected chi connectivity index (χ1v) is 6.62. The molecule has 0 unspecified atom stereocenters. The highest BCUT2D eigenvalue weighted by molar-refractivity contribution is 5.91. The number of rotatable bonds is 6. The lowest BCUT2D eigenvalue weighted by molar-refractivity contribution is 0.419. The maximum absolute atomic E-state index is 5.41. The first-order valence-electron chi connectivity index (χ1n) is 6.62. The molecule has 0 amide bonds. The summed E-state index contributed by atoms with van der Waals surface area (Å²) in [4.78, 5) is 0. The first kappa shape index (κ1) is 12.9. The molecule has 0 aliphatic carbocycles. The monoisotopic (exact) mass is 243 g/mol. The van der Waals surface area contributed by atoms with Crippen molar-refractivity contribution in [2.75, 3.05) is 13.7 Å². The molecule has 2 aromatic rings. The average Bonchev–Trinajstić information content (AvgIpc) is 2.43. The molecule has 2 heteroatoms. The number of methoxy groups -OCH3 is 1. The van der Waals surface area contributed by atoms with Crippen LogP contribution in [-0.2, 0) is 6.54 Å². The molecule has 1 N–H and O–H groups in total. The lowest BCUT2D eigenvalue weighted by Gasteiger charge is -2.11. The molecule has 2 aromatic carbocycles. The molecule has 18 heavy (non-hydrogen) atoms. The molecule has 2 rings (SSSR count). The highest BCUT2D eigenvalue weighted by Crippen LogP contribution is 2.28. The van der Waals surface area contributed by atoms with Gasteiger partial charge in [-0.15, -0.1) is 0 Å². The maximum atomic E-state index is 5.41. The summed E-state index contributed by atoms with van der Waals surface area (Å²) in [6.07, 6.45) is 2.46. The van der Waals surface area contributed by atoms with Crippen molar-refractivity contribution in [1.82, 2.24) is 5.32 Å². The van der Waals surface area contributed by atoms with Gasteiger partial charge in [0.25, 0.3) is 0 Å². The van der Waals surface area contributed by atoms with Crippen molar-refractivity contribution in [3.8, 4) is 5.75 Å². The molecule has 0 fully saturated rings. The molecule has 0 aliphatic rings.